The molecule has 3 N–H and O–H groups in total. The first-order valence-electron chi connectivity index (χ1n) is 16.4. The molecule has 3 atom stereocenters. The molecule has 2 aliphatic rings. The standard InChI is InChI=1S/C39H39ClFN3O3/c1-2-9-31(37(42)45)32(21-24-10-7-11-24)38(46)43-36-30-16-4-3-14-28(30)29-15-5-6-17-35(29)44(39(36)47)23-25-12-8-13-26(20-25)27-18-19-34(41)33(40)22-27/h3-6,8,12-20,22,24,31-32,36H,2,7,9-11,21,23H2,1H3,(H2,42,45)(H,43,46). The Morgan fingerprint density at radius 1 is 0.936 bits per heavy atom. The molecular weight excluding hydrogens is 613 g/mol. The molecule has 1 saturated carbocycles. The Hall–Kier alpha value is -4.49. The fourth-order valence-electron chi connectivity index (χ4n) is 6.99. The highest BCUT2D eigenvalue weighted by molar-refractivity contribution is 6.31. The van der Waals surface area contributed by atoms with Crippen molar-refractivity contribution in [2.45, 2.75) is 58.0 Å². The average molecular weight is 652 g/mol. The lowest BCUT2D eigenvalue weighted by atomic mass is 9.73. The van der Waals surface area contributed by atoms with E-state index in [2.05, 4.69) is 5.32 Å². The van der Waals surface area contributed by atoms with Gasteiger partial charge < -0.3 is 16.0 Å². The molecule has 0 saturated heterocycles. The molecule has 6 nitrogen and oxygen atoms in total. The van der Waals surface area contributed by atoms with Crippen molar-refractivity contribution in [1.82, 2.24) is 5.32 Å². The van der Waals surface area contributed by atoms with Gasteiger partial charge in [-0.15, -0.1) is 0 Å². The van der Waals surface area contributed by atoms with E-state index in [0.29, 0.717) is 24.3 Å². The Balaban J connectivity index is 1.38. The van der Waals surface area contributed by atoms with Gasteiger partial charge in [0.05, 0.1) is 17.3 Å². The van der Waals surface area contributed by atoms with Crippen molar-refractivity contribution < 1.29 is 18.8 Å². The van der Waals surface area contributed by atoms with E-state index in [4.69, 9.17) is 17.3 Å². The van der Waals surface area contributed by atoms with Crippen molar-refractivity contribution in [1.29, 1.82) is 0 Å². The van der Waals surface area contributed by atoms with Gasteiger partial charge in [-0.05, 0) is 70.8 Å². The molecule has 47 heavy (non-hydrogen) atoms. The van der Waals surface area contributed by atoms with Crippen LogP contribution < -0.4 is 16.0 Å². The Kier molecular flexibility index (Phi) is 9.73. The van der Waals surface area contributed by atoms with Crippen LogP contribution in [0.1, 0.15) is 62.6 Å². The van der Waals surface area contributed by atoms with Crippen LogP contribution in [0.5, 0.6) is 0 Å². The molecule has 1 heterocycles. The van der Waals surface area contributed by atoms with E-state index in [0.717, 1.165) is 59.2 Å². The largest absolute Gasteiger partial charge is 0.369 e. The average Bonchev–Trinajstić information content (AvgIpc) is 3.14. The number of carbonyl (C=O) groups is 3. The van der Waals surface area contributed by atoms with Crippen molar-refractivity contribution in [3.05, 3.63) is 113 Å². The van der Waals surface area contributed by atoms with E-state index in [1.54, 1.807) is 17.0 Å². The lowest BCUT2D eigenvalue weighted by Gasteiger charge is -2.33. The summed E-state index contributed by atoms with van der Waals surface area (Å²) in [6, 6.07) is 26.7. The molecule has 0 radical (unpaired) electrons. The van der Waals surface area contributed by atoms with Gasteiger partial charge in [-0.2, -0.15) is 0 Å². The number of nitrogens with one attached hydrogen (secondary N) is 1. The van der Waals surface area contributed by atoms with Gasteiger partial charge in [0.25, 0.3) is 5.91 Å². The number of anilines is 1. The first-order chi connectivity index (χ1) is 22.7. The van der Waals surface area contributed by atoms with Crippen molar-refractivity contribution in [3.8, 4) is 22.3 Å². The number of rotatable bonds is 11. The highest BCUT2D eigenvalue weighted by Gasteiger charge is 2.40. The van der Waals surface area contributed by atoms with E-state index in [1.807, 2.05) is 79.7 Å². The summed E-state index contributed by atoms with van der Waals surface area (Å²) in [6.07, 6.45) is 4.98. The number of amides is 3. The SMILES string of the molecule is CCCC(C(N)=O)C(CC1CCC1)C(=O)NC1C(=O)N(Cc2cccc(-c3ccc(F)c(Cl)c3)c2)c2ccccc2-c2ccccc21. The summed E-state index contributed by atoms with van der Waals surface area (Å²) in [4.78, 5) is 43.4. The molecule has 3 unspecified atom stereocenters. The summed E-state index contributed by atoms with van der Waals surface area (Å²) in [5.41, 5.74) is 11.5. The maximum atomic E-state index is 14.7. The topological polar surface area (TPSA) is 92.5 Å². The van der Waals surface area contributed by atoms with Crippen LogP contribution in [0.3, 0.4) is 0 Å². The van der Waals surface area contributed by atoms with Crippen LogP contribution in [0.25, 0.3) is 22.3 Å². The Morgan fingerprint density at radius 3 is 2.36 bits per heavy atom. The third-order valence-electron chi connectivity index (χ3n) is 9.68. The molecule has 0 bridgehead atoms. The molecule has 1 fully saturated rings. The number of hydrogen-bond donors (Lipinski definition) is 2. The van der Waals surface area contributed by atoms with E-state index < -0.39 is 29.6 Å². The maximum absolute atomic E-state index is 14.7. The number of halogens is 2. The van der Waals surface area contributed by atoms with Crippen LogP contribution in [-0.4, -0.2) is 17.7 Å². The van der Waals surface area contributed by atoms with Crippen LogP contribution in [-0.2, 0) is 20.9 Å². The Morgan fingerprint density at radius 2 is 1.66 bits per heavy atom. The number of primary amides is 1. The second-order valence-corrected chi connectivity index (χ2v) is 13.1. The predicted octanol–water partition coefficient (Wildman–Crippen LogP) is 8.23. The van der Waals surface area contributed by atoms with Gasteiger partial charge in [-0.25, -0.2) is 4.39 Å². The first-order valence-corrected chi connectivity index (χ1v) is 16.8. The van der Waals surface area contributed by atoms with E-state index >= 15 is 0 Å². The predicted molar refractivity (Wildman–Crippen MR) is 184 cm³/mol. The van der Waals surface area contributed by atoms with Gasteiger partial charge in [0, 0.05) is 17.4 Å². The molecular formula is C39H39ClFN3O3. The number of nitrogens with zero attached hydrogens (tertiary/aromatic N) is 1. The van der Waals surface area contributed by atoms with Gasteiger partial charge in [-0.3, -0.25) is 14.4 Å². The monoisotopic (exact) mass is 651 g/mol. The molecule has 1 aliphatic carbocycles. The highest BCUT2D eigenvalue weighted by Crippen LogP contribution is 2.42. The number of nitrogens with two attached hydrogens (primary N) is 1. The molecule has 3 amide bonds. The van der Waals surface area contributed by atoms with Gasteiger partial charge in [0.2, 0.25) is 11.8 Å². The normalized spacial score (nSPS) is 17.1. The van der Waals surface area contributed by atoms with Crippen LogP contribution in [0.15, 0.2) is 91.0 Å². The zero-order valence-electron chi connectivity index (χ0n) is 26.4. The second kappa shape index (κ2) is 14.1. The van der Waals surface area contributed by atoms with Gasteiger partial charge in [0.15, 0.2) is 0 Å². The van der Waals surface area contributed by atoms with E-state index in [1.165, 1.54) is 6.07 Å². The number of fused-ring (bicyclic) bond motifs is 3. The molecule has 4 aromatic carbocycles. The van der Waals surface area contributed by atoms with Crippen molar-refractivity contribution >= 4 is 35.0 Å². The van der Waals surface area contributed by atoms with Gasteiger partial charge in [0.1, 0.15) is 11.9 Å². The van der Waals surface area contributed by atoms with Crippen molar-refractivity contribution in [3.63, 3.8) is 0 Å². The lowest BCUT2D eigenvalue weighted by molar-refractivity contribution is -0.136. The van der Waals surface area contributed by atoms with Gasteiger partial charge in [-0.1, -0.05) is 111 Å². The lowest BCUT2D eigenvalue weighted by Crippen LogP contribution is -2.47. The number of para-hydroxylation sites is 1. The minimum atomic E-state index is -0.982. The van der Waals surface area contributed by atoms with E-state index in [9.17, 15) is 18.8 Å². The smallest absolute Gasteiger partial charge is 0.254 e. The molecule has 0 spiro atoms. The third-order valence-corrected chi connectivity index (χ3v) is 9.97. The third kappa shape index (κ3) is 6.82. The maximum Gasteiger partial charge on any atom is 0.254 e. The summed E-state index contributed by atoms with van der Waals surface area (Å²) in [6.45, 7) is 2.21. The van der Waals surface area contributed by atoms with Crippen molar-refractivity contribution in [2.24, 2.45) is 23.5 Å². The quantitative estimate of drug-likeness (QED) is 0.171. The minimum absolute atomic E-state index is 0.0361. The number of hydrogen-bond acceptors (Lipinski definition) is 3. The highest BCUT2D eigenvalue weighted by atomic mass is 35.5. The zero-order chi connectivity index (χ0) is 33.1. The minimum Gasteiger partial charge on any atom is -0.369 e. The molecule has 1 aliphatic heterocycles. The first kappa shape index (κ1) is 32.5. The van der Waals surface area contributed by atoms with Gasteiger partial charge >= 0.3 is 0 Å². The zero-order valence-corrected chi connectivity index (χ0v) is 27.2. The van der Waals surface area contributed by atoms with Crippen LogP contribution in [0, 0.1) is 23.6 Å². The number of carbonyl (C=O) groups excluding carboxylic acids is 3. The van der Waals surface area contributed by atoms with Crippen LogP contribution in [0.2, 0.25) is 5.02 Å². The summed E-state index contributed by atoms with van der Waals surface area (Å²) in [5.74, 6) is -2.41. The Bertz CT molecular complexity index is 1810. The molecule has 242 valence electrons. The molecule has 6 rings (SSSR count). The van der Waals surface area contributed by atoms with Crippen molar-refractivity contribution in [2.75, 3.05) is 4.90 Å². The number of benzene rings is 4. The fraction of sp³-hybridized carbons (Fsp3) is 0.308. The molecule has 0 aromatic heterocycles. The summed E-state index contributed by atoms with van der Waals surface area (Å²) in [7, 11) is 0. The summed E-state index contributed by atoms with van der Waals surface area (Å²) < 4.78 is 13.9. The Labute approximate surface area is 280 Å². The fourth-order valence-corrected chi connectivity index (χ4v) is 7.17. The molecule has 4 aromatic rings. The summed E-state index contributed by atoms with van der Waals surface area (Å²) in [5, 5.41) is 3.16. The summed E-state index contributed by atoms with van der Waals surface area (Å²) >= 11 is 6.08. The van der Waals surface area contributed by atoms with Crippen LogP contribution in [0.4, 0.5) is 10.1 Å². The van der Waals surface area contributed by atoms with E-state index in [-0.39, 0.29) is 23.4 Å². The second-order valence-electron chi connectivity index (χ2n) is 12.7. The molecule has 8 heteroatoms. The van der Waals surface area contributed by atoms with Crippen LogP contribution >= 0.6 is 11.6 Å².